The highest BCUT2D eigenvalue weighted by atomic mass is 15.4. The molecule has 6 nitrogen and oxygen atoms in total. The summed E-state index contributed by atoms with van der Waals surface area (Å²) in [4.78, 5) is 14.6. The van der Waals surface area contributed by atoms with Crippen LogP contribution < -0.4 is 5.32 Å². The lowest BCUT2D eigenvalue weighted by atomic mass is 10.2. The van der Waals surface area contributed by atoms with E-state index in [1.807, 2.05) is 7.05 Å². The number of nitrogens with zero attached hydrogens (tertiary/aromatic N) is 5. The monoisotopic (exact) mass is 412 g/mol. The highest BCUT2D eigenvalue weighted by Gasteiger charge is 2.22. The number of benzene rings is 1. The quantitative estimate of drug-likeness (QED) is 0.547. The van der Waals surface area contributed by atoms with Crippen LogP contribution in [0, 0.1) is 0 Å². The number of guanidine groups is 1. The molecule has 2 saturated heterocycles. The van der Waals surface area contributed by atoms with Crippen molar-refractivity contribution in [2.75, 3.05) is 79.0 Å². The van der Waals surface area contributed by atoms with Crippen molar-refractivity contribution in [2.24, 2.45) is 4.99 Å². The number of likely N-dealkylation sites (N-methyl/N-ethyl adjacent to an activating group) is 1. The first-order valence-electron chi connectivity index (χ1n) is 11.6. The van der Waals surface area contributed by atoms with Gasteiger partial charge in [0.2, 0.25) is 0 Å². The smallest absolute Gasteiger partial charge is 0.193 e. The molecule has 1 aromatic rings. The minimum atomic E-state index is 0.533. The number of nitrogens with one attached hydrogen (secondary N) is 1. The van der Waals surface area contributed by atoms with E-state index in [0.29, 0.717) is 6.04 Å². The molecular weight excluding hydrogens is 372 g/mol. The van der Waals surface area contributed by atoms with E-state index in [9.17, 15) is 0 Å². The van der Waals surface area contributed by atoms with Crippen molar-refractivity contribution in [2.45, 2.75) is 19.9 Å². The van der Waals surface area contributed by atoms with Crippen molar-refractivity contribution in [3.05, 3.63) is 42.0 Å². The molecule has 0 aliphatic carbocycles. The fourth-order valence-corrected chi connectivity index (χ4v) is 4.26. The molecule has 2 aliphatic heterocycles. The first-order chi connectivity index (χ1) is 14.7. The third-order valence-corrected chi connectivity index (χ3v) is 6.39. The predicted molar refractivity (Wildman–Crippen MR) is 128 cm³/mol. The Balaban J connectivity index is 1.37. The Bertz CT molecular complexity index is 658. The van der Waals surface area contributed by atoms with Gasteiger partial charge in [-0.3, -0.25) is 14.8 Å². The molecule has 2 aliphatic rings. The van der Waals surface area contributed by atoms with E-state index < -0.39 is 0 Å². The van der Waals surface area contributed by atoms with Crippen molar-refractivity contribution in [1.82, 2.24) is 24.9 Å². The van der Waals surface area contributed by atoms with Gasteiger partial charge in [-0.1, -0.05) is 49.4 Å². The van der Waals surface area contributed by atoms with Crippen LogP contribution in [0.2, 0.25) is 0 Å². The second-order valence-electron chi connectivity index (χ2n) is 8.35. The van der Waals surface area contributed by atoms with Gasteiger partial charge in [-0.05, 0) is 19.0 Å². The SMILES string of the molecule is CCN1CCN(C(C)CNC(=NC)N2CCN(C/C=C/c3ccccc3)CC2)CC1. The van der Waals surface area contributed by atoms with Crippen LogP contribution in [-0.2, 0) is 0 Å². The molecule has 0 aromatic heterocycles. The molecule has 1 aromatic carbocycles. The lowest BCUT2D eigenvalue weighted by Crippen LogP contribution is -2.55. The van der Waals surface area contributed by atoms with E-state index >= 15 is 0 Å². The molecule has 1 atom stereocenters. The Morgan fingerprint density at radius 1 is 1.00 bits per heavy atom. The molecular formula is C24H40N6. The predicted octanol–water partition coefficient (Wildman–Crippen LogP) is 1.92. The third kappa shape index (κ3) is 6.83. The summed E-state index contributed by atoms with van der Waals surface area (Å²) >= 11 is 0. The van der Waals surface area contributed by atoms with Gasteiger partial charge in [-0.15, -0.1) is 0 Å². The van der Waals surface area contributed by atoms with Gasteiger partial charge in [0.25, 0.3) is 0 Å². The van der Waals surface area contributed by atoms with Crippen LogP contribution in [0.4, 0.5) is 0 Å². The van der Waals surface area contributed by atoms with Crippen LogP contribution in [0.15, 0.2) is 41.4 Å². The van der Waals surface area contributed by atoms with Gasteiger partial charge in [0.15, 0.2) is 5.96 Å². The summed E-state index contributed by atoms with van der Waals surface area (Å²) in [6, 6.07) is 11.1. The normalized spacial score (nSPS) is 21.3. The van der Waals surface area contributed by atoms with Gasteiger partial charge in [-0.2, -0.15) is 0 Å². The topological polar surface area (TPSA) is 37.4 Å². The van der Waals surface area contributed by atoms with E-state index in [1.165, 1.54) is 38.3 Å². The minimum Gasteiger partial charge on any atom is -0.355 e. The molecule has 2 fully saturated rings. The molecule has 2 heterocycles. The Labute approximate surface area is 183 Å². The van der Waals surface area contributed by atoms with Gasteiger partial charge in [0, 0.05) is 78.5 Å². The number of hydrogen-bond acceptors (Lipinski definition) is 4. The molecule has 0 spiro atoms. The molecule has 0 radical (unpaired) electrons. The summed E-state index contributed by atoms with van der Waals surface area (Å²) in [5.74, 6) is 1.05. The number of hydrogen-bond donors (Lipinski definition) is 1. The van der Waals surface area contributed by atoms with Gasteiger partial charge in [0.1, 0.15) is 0 Å². The van der Waals surface area contributed by atoms with E-state index in [1.54, 1.807) is 0 Å². The number of aliphatic imine (C=N–C) groups is 1. The zero-order valence-corrected chi connectivity index (χ0v) is 19.1. The average molecular weight is 413 g/mol. The van der Waals surface area contributed by atoms with E-state index in [-0.39, 0.29) is 0 Å². The largest absolute Gasteiger partial charge is 0.355 e. The van der Waals surface area contributed by atoms with Crippen LogP contribution in [0.25, 0.3) is 6.08 Å². The maximum Gasteiger partial charge on any atom is 0.193 e. The van der Waals surface area contributed by atoms with Gasteiger partial charge in [-0.25, -0.2) is 0 Å². The van der Waals surface area contributed by atoms with E-state index in [2.05, 4.69) is 86.2 Å². The maximum absolute atomic E-state index is 4.55. The van der Waals surface area contributed by atoms with Crippen molar-refractivity contribution in [3.8, 4) is 0 Å². The zero-order valence-electron chi connectivity index (χ0n) is 19.1. The molecule has 6 heteroatoms. The number of rotatable bonds is 7. The first-order valence-corrected chi connectivity index (χ1v) is 11.6. The Morgan fingerprint density at radius 3 is 2.30 bits per heavy atom. The van der Waals surface area contributed by atoms with Crippen molar-refractivity contribution in [3.63, 3.8) is 0 Å². The summed E-state index contributed by atoms with van der Waals surface area (Å²) in [6.45, 7) is 16.7. The Kier molecular flexibility index (Phi) is 9.18. The summed E-state index contributed by atoms with van der Waals surface area (Å²) in [6.07, 6.45) is 4.49. The first kappa shape index (κ1) is 22.8. The fraction of sp³-hybridized carbons (Fsp3) is 0.625. The Morgan fingerprint density at radius 2 is 1.67 bits per heavy atom. The van der Waals surface area contributed by atoms with Crippen LogP contribution in [0.5, 0.6) is 0 Å². The summed E-state index contributed by atoms with van der Waals surface area (Å²) in [5, 5.41) is 3.63. The van der Waals surface area contributed by atoms with Gasteiger partial charge in [0.05, 0.1) is 0 Å². The average Bonchev–Trinajstić information content (AvgIpc) is 2.81. The molecule has 30 heavy (non-hydrogen) atoms. The molecule has 0 amide bonds. The van der Waals surface area contributed by atoms with E-state index in [4.69, 9.17) is 0 Å². The second-order valence-corrected chi connectivity index (χ2v) is 8.35. The molecule has 3 rings (SSSR count). The van der Waals surface area contributed by atoms with Crippen LogP contribution in [0.1, 0.15) is 19.4 Å². The fourth-order valence-electron chi connectivity index (χ4n) is 4.26. The van der Waals surface area contributed by atoms with Gasteiger partial charge < -0.3 is 15.1 Å². The number of piperazine rings is 2. The van der Waals surface area contributed by atoms with Crippen molar-refractivity contribution in [1.29, 1.82) is 0 Å². The molecule has 0 bridgehead atoms. The molecule has 0 saturated carbocycles. The molecule has 1 N–H and O–H groups in total. The van der Waals surface area contributed by atoms with Crippen molar-refractivity contribution < 1.29 is 0 Å². The van der Waals surface area contributed by atoms with Gasteiger partial charge >= 0.3 is 0 Å². The summed E-state index contributed by atoms with van der Waals surface area (Å²) in [5.41, 5.74) is 1.27. The highest BCUT2D eigenvalue weighted by Crippen LogP contribution is 2.07. The summed E-state index contributed by atoms with van der Waals surface area (Å²) in [7, 11) is 1.90. The molecule has 1 unspecified atom stereocenters. The lowest BCUT2D eigenvalue weighted by molar-refractivity contribution is 0.106. The standard InChI is InChI=1S/C24H40N6/c1-4-27-13-17-29(18-14-27)22(2)21-26-24(25-3)30-19-15-28(16-20-30)12-8-11-23-9-6-5-7-10-23/h5-11,22H,4,12-21H2,1-3H3,(H,25,26)/b11-8+. The van der Waals surface area contributed by atoms with Crippen LogP contribution in [-0.4, -0.2) is 111 Å². The van der Waals surface area contributed by atoms with Crippen LogP contribution in [0.3, 0.4) is 0 Å². The third-order valence-electron chi connectivity index (χ3n) is 6.39. The minimum absolute atomic E-state index is 0.533. The Hall–Kier alpha value is -1.89. The lowest BCUT2D eigenvalue weighted by Gasteiger charge is -2.39. The van der Waals surface area contributed by atoms with E-state index in [0.717, 1.165) is 45.2 Å². The highest BCUT2D eigenvalue weighted by molar-refractivity contribution is 5.80. The second kappa shape index (κ2) is 12.1. The maximum atomic E-state index is 4.55. The molecule has 166 valence electrons. The zero-order chi connectivity index (χ0) is 21.2. The summed E-state index contributed by atoms with van der Waals surface area (Å²) < 4.78 is 0. The van der Waals surface area contributed by atoms with Crippen LogP contribution >= 0.6 is 0 Å². The van der Waals surface area contributed by atoms with Crippen molar-refractivity contribution >= 4 is 12.0 Å².